The van der Waals surface area contributed by atoms with Crippen molar-refractivity contribution in [2.75, 3.05) is 0 Å². The van der Waals surface area contributed by atoms with Crippen LogP contribution in [0.2, 0.25) is 0 Å². The highest BCUT2D eigenvalue weighted by Gasteiger charge is 2.22. The number of furan rings is 1. The van der Waals surface area contributed by atoms with E-state index in [1.54, 1.807) is 0 Å². The molecule has 0 unspecified atom stereocenters. The van der Waals surface area contributed by atoms with Gasteiger partial charge in [0.25, 0.3) is 0 Å². The lowest BCUT2D eigenvalue weighted by Crippen LogP contribution is -2.36. The molecular formula is C45H29N4O+. The van der Waals surface area contributed by atoms with Gasteiger partial charge in [0, 0.05) is 55.6 Å². The van der Waals surface area contributed by atoms with E-state index in [1.807, 2.05) is 59.4 Å². The van der Waals surface area contributed by atoms with Gasteiger partial charge in [0.15, 0.2) is 0 Å². The molecule has 0 aliphatic heterocycles. The molecule has 7 aromatic carbocycles. The van der Waals surface area contributed by atoms with Crippen LogP contribution in [-0.4, -0.2) is 14.6 Å². The third-order valence-corrected chi connectivity index (χ3v) is 9.51. The van der Waals surface area contributed by atoms with E-state index in [2.05, 4.69) is 126 Å². The minimum atomic E-state index is 0.663. The Morgan fingerprint density at radius 1 is 0.500 bits per heavy atom. The Hall–Kier alpha value is -6.85. The second-order valence-electron chi connectivity index (χ2n) is 12.5. The van der Waals surface area contributed by atoms with Crippen LogP contribution in [-0.2, 0) is 0 Å². The van der Waals surface area contributed by atoms with Crippen LogP contribution in [0.25, 0.3) is 88.9 Å². The van der Waals surface area contributed by atoms with Crippen LogP contribution in [0.4, 0.5) is 0 Å². The van der Waals surface area contributed by atoms with Crippen molar-refractivity contribution in [3.8, 4) is 45.1 Å². The van der Waals surface area contributed by atoms with Gasteiger partial charge >= 0.3 is 0 Å². The lowest BCUT2D eigenvalue weighted by Gasteiger charge is -2.13. The molecule has 0 bridgehead atoms. The number of nitrogens with zero attached hydrogens (tertiary/aromatic N) is 4. The van der Waals surface area contributed by atoms with Crippen molar-refractivity contribution in [2.45, 2.75) is 0 Å². The number of fused-ring (bicyclic) bond motifs is 6. The predicted octanol–water partition coefficient (Wildman–Crippen LogP) is 10.8. The van der Waals surface area contributed by atoms with Gasteiger partial charge in [-0.2, -0.15) is 0 Å². The molecule has 0 aliphatic carbocycles. The first-order valence-electron chi connectivity index (χ1n) is 16.7. The molecule has 5 heteroatoms. The minimum absolute atomic E-state index is 0.663. The van der Waals surface area contributed by atoms with Crippen LogP contribution in [0.15, 0.2) is 180 Å². The Balaban J connectivity index is 1.21. The van der Waals surface area contributed by atoms with E-state index >= 15 is 0 Å². The topological polar surface area (TPSA) is 47.7 Å². The fraction of sp³-hybridized carbons (Fsp3) is 0. The summed E-state index contributed by atoms with van der Waals surface area (Å²) in [5.74, 6) is 0.663. The first kappa shape index (κ1) is 28.2. The van der Waals surface area contributed by atoms with Crippen LogP contribution in [0.1, 0.15) is 0 Å². The van der Waals surface area contributed by atoms with Gasteiger partial charge in [-0.15, -0.1) is 0 Å². The molecule has 0 saturated heterocycles. The molecule has 0 atom stereocenters. The number of rotatable bonds is 5. The number of hydrogen-bond donors (Lipinski definition) is 0. The fourth-order valence-corrected chi connectivity index (χ4v) is 7.19. The molecule has 3 heterocycles. The zero-order chi connectivity index (χ0) is 33.0. The van der Waals surface area contributed by atoms with Crippen LogP contribution >= 0.6 is 0 Å². The highest BCUT2D eigenvalue weighted by molar-refractivity contribution is 6.13. The van der Waals surface area contributed by atoms with Crippen LogP contribution in [0.3, 0.4) is 0 Å². The highest BCUT2D eigenvalue weighted by Crippen LogP contribution is 2.39. The van der Waals surface area contributed by atoms with Crippen LogP contribution in [0.5, 0.6) is 0 Å². The van der Waals surface area contributed by atoms with Gasteiger partial charge in [0.2, 0.25) is 17.7 Å². The second-order valence-corrected chi connectivity index (χ2v) is 12.5. The van der Waals surface area contributed by atoms with Gasteiger partial charge in [-0.05, 0) is 52.2 Å². The number of benzene rings is 7. The molecule has 10 aromatic rings. The molecule has 234 valence electrons. The molecule has 10 rings (SSSR count). The maximum atomic E-state index is 6.13. The summed E-state index contributed by atoms with van der Waals surface area (Å²) in [6, 6.07) is 59.0. The molecule has 5 nitrogen and oxygen atoms in total. The minimum Gasteiger partial charge on any atom is -0.456 e. The Morgan fingerprint density at radius 3 is 2.06 bits per heavy atom. The van der Waals surface area contributed by atoms with E-state index in [0.29, 0.717) is 5.82 Å². The summed E-state index contributed by atoms with van der Waals surface area (Å²) >= 11 is 0. The molecule has 3 aromatic heterocycles. The second kappa shape index (κ2) is 11.4. The van der Waals surface area contributed by atoms with Gasteiger partial charge < -0.3 is 8.98 Å². The van der Waals surface area contributed by atoms with Gasteiger partial charge in [-0.1, -0.05) is 121 Å². The molecule has 0 radical (unpaired) electrons. The van der Waals surface area contributed by atoms with E-state index in [0.717, 1.165) is 72.3 Å². The molecule has 0 N–H and O–H groups in total. The van der Waals surface area contributed by atoms with Gasteiger partial charge in [0.1, 0.15) is 16.9 Å². The maximum Gasteiger partial charge on any atom is 0.238 e. The fourth-order valence-electron chi connectivity index (χ4n) is 7.19. The third-order valence-electron chi connectivity index (χ3n) is 9.51. The molecule has 0 spiro atoms. The summed E-state index contributed by atoms with van der Waals surface area (Å²) in [4.78, 5) is 5.21. The van der Waals surface area contributed by atoms with E-state index in [1.165, 1.54) is 10.8 Å². The molecule has 0 amide bonds. The summed E-state index contributed by atoms with van der Waals surface area (Å²) < 4.78 is 10.5. The lowest BCUT2D eigenvalue weighted by atomic mass is 10.0. The van der Waals surface area contributed by atoms with Crippen molar-refractivity contribution in [3.05, 3.63) is 176 Å². The quantitative estimate of drug-likeness (QED) is 0.176. The maximum absolute atomic E-state index is 6.13. The predicted molar refractivity (Wildman–Crippen MR) is 201 cm³/mol. The summed E-state index contributed by atoms with van der Waals surface area (Å²) in [5, 5.41) is 9.58. The first-order chi connectivity index (χ1) is 24.8. The van der Waals surface area contributed by atoms with Gasteiger partial charge in [-0.3, -0.25) is 0 Å². The van der Waals surface area contributed by atoms with Crippen molar-refractivity contribution in [2.24, 2.45) is 0 Å². The Labute approximate surface area is 287 Å². The van der Waals surface area contributed by atoms with Crippen molar-refractivity contribution < 1.29 is 9.10 Å². The average Bonchev–Trinajstić information content (AvgIpc) is 3.74. The highest BCUT2D eigenvalue weighted by atomic mass is 16.3. The van der Waals surface area contributed by atoms with Crippen LogP contribution < -0.4 is 4.68 Å². The monoisotopic (exact) mass is 641 g/mol. The van der Waals surface area contributed by atoms with Crippen molar-refractivity contribution in [1.29, 1.82) is 0 Å². The van der Waals surface area contributed by atoms with Crippen molar-refractivity contribution in [3.63, 3.8) is 0 Å². The van der Waals surface area contributed by atoms with E-state index < -0.39 is 0 Å². The lowest BCUT2D eigenvalue weighted by molar-refractivity contribution is -0.658. The first-order valence-corrected chi connectivity index (χ1v) is 16.7. The molecular weight excluding hydrogens is 613 g/mol. The van der Waals surface area contributed by atoms with E-state index in [4.69, 9.17) is 14.5 Å². The van der Waals surface area contributed by atoms with E-state index in [9.17, 15) is 0 Å². The van der Waals surface area contributed by atoms with Crippen LogP contribution in [0, 0.1) is 0 Å². The summed E-state index contributed by atoms with van der Waals surface area (Å²) in [7, 11) is 0. The Kier molecular flexibility index (Phi) is 6.42. The zero-order valence-corrected chi connectivity index (χ0v) is 26.9. The Bertz CT molecular complexity index is 2810. The average molecular weight is 642 g/mol. The molecule has 0 aliphatic rings. The normalized spacial score (nSPS) is 11.6. The van der Waals surface area contributed by atoms with Gasteiger partial charge in [0.05, 0.1) is 11.0 Å². The number of para-hydroxylation sites is 4. The SMILES string of the molecule is c1ccc(-c2nc(-c3cccc4c5ccccc5n(-c5cccc(-c6ccc7oc8ccccc8c7c6)c5)c34)c[n+](-c3ccccc3)n2)cc1. The molecule has 0 fully saturated rings. The zero-order valence-electron chi connectivity index (χ0n) is 26.9. The van der Waals surface area contributed by atoms with Crippen molar-refractivity contribution >= 4 is 43.7 Å². The standard InChI is InChI=1S/C45H29N4O/c1-3-13-30(14-4-1)45-46-40(29-48(47-45)33-16-5-2-6-17-33)38-22-12-21-37-35-19-7-9-23-41(35)49(44(37)38)34-18-11-15-31(27-34)32-25-26-43-39(28-32)36-20-8-10-24-42(36)50-43/h1-29H/q+1. The molecule has 50 heavy (non-hydrogen) atoms. The summed E-state index contributed by atoms with van der Waals surface area (Å²) in [6.45, 7) is 0. The summed E-state index contributed by atoms with van der Waals surface area (Å²) in [6.07, 6.45) is 2.04. The van der Waals surface area contributed by atoms with Crippen molar-refractivity contribution in [1.82, 2.24) is 14.6 Å². The number of aromatic nitrogens is 4. The largest absolute Gasteiger partial charge is 0.456 e. The number of hydrogen-bond acceptors (Lipinski definition) is 3. The smallest absolute Gasteiger partial charge is 0.238 e. The Morgan fingerprint density at radius 2 is 1.18 bits per heavy atom. The molecule has 0 saturated carbocycles. The van der Waals surface area contributed by atoms with Gasteiger partial charge in [-0.25, -0.2) is 4.98 Å². The third kappa shape index (κ3) is 4.60. The summed E-state index contributed by atoms with van der Waals surface area (Å²) in [5.41, 5.74) is 11.2. The van der Waals surface area contributed by atoms with E-state index in [-0.39, 0.29) is 0 Å².